The molecule has 0 radical (unpaired) electrons. The molecular weight excluding hydrogens is 279 g/mol. The summed E-state index contributed by atoms with van der Waals surface area (Å²) in [7, 11) is -3.83. The summed E-state index contributed by atoms with van der Waals surface area (Å²) in [6, 6.07) is 3.51. The lowest BCUT2D eigenvalue weighted by Gasteiger charge is -2.32. The maximum absolute atomic E-state index is 13.7. The number of nitrogen functional groups attached to an aromatic ring is 1. The van der Waals surface area contributed by atoms with Crippen LogP contribution in [0.3, 0.4) is 0 Å². The van der Waals surface area contributed by atoms with Gasteiger partial charge < -0.3 is 5.73 Å². The van der Waals surface area contributed by atoms with Crippen LogP contribution < -0.4 is 10.5 Å². The Bertz CT molecular complexity index is 589. The highest BCUT2D eigenvalue weighted by molar-refractivity contribution is 7.89. The third-order valence-corrected chi connectivity index (χ3v) is 5.72. The average Bonchev–Trinajstić information content (AvgIpc) is 2.33. The molecule has 1 aromatic carbocycles. The molecule has 0 bridgehead atoms. The van der Waals surface area contributed by atoms with Gasteiger partial charge in [0, 0.05) is 11.7 Å². The van der Waals surface area contributed by atoms with E-state index in [0.29, 0.717) is 11.8 Å². The second-order valence-corrected chi connectivity index (χ2v) is 7.46. The highest BCUT2D eigenvalue weighted by Crippen LogP contribution is 2.30. The molecule has 0 aromatic heterocycles. The number of nitrogens with two attached hydrogens (primary N) is 1. The third-order valence-electron chi connectivity index (χ3n) is 4.17. The monoisotopic (exact) mass is 300 g/mol. The minimum absolute atomic E-state index is 0.122. The summed E-state index contributed by atoms with van der Waals surface area (Å²) in [6.45, 7) is 4.30. The van der Waals surface area contributed by atoms with Crippen LogP contribution in [0.4, 0.5) is 10.1 Å². The number of hydrogen-bond donors (Lipinski definition) is 2. The molecule has 2 rings (SSSR count). The molecule has 1 fully saturated rings. The lowest BCUT2D eigenvalue weighted by atomic mass is 9.79. The van der Waals surface area contributed by atoms with Gasteiger partial charge in [-0.1, -0.05) is 13.8 Å². The predicted molar refractivity (Wildman–Crippen MR) is 77.1 cm³/mol. The van der Waals surface area contributed by atoms with E-state index in [1.165, 1.54) is 12.1 Å². The zero-order chi connectivity index (χ0) is 14.9. The van der Waals surface area contributed by atoms with Crippen molar-refractivity contribution >= 4 is 15.7 Å². The molecule has 20 heavy (non-hydrogen) atoms. The molecule has 112 valence electrons. The molecule has 1 aliphatic rings. The lowest BCUT2D eigenvalue weighted by Crippen LogP contribution is -2.40. The highest BCUT2D eigenvalue weighted by atomic mass is 32.2. The summed E-state index contributed by atoms with van der Waals surface area (Å²) in [4.78, 5) is -0.335. The Morgan fingerprint density at radius 2 is 1.95 bits per heavy atom. The number of rotatable bonds is 3. The first-order chi connectivity index (χ1) is 9.29. The van der Waals surface area contributed by atoms with Gasteiger partial charge in [0.2, 0.25) is 10.0 Å². The van der Waals surface area contributed by atoms with Crippen LogP contribution in [-0.4, -0.2) is 14.5 Å². The highest BCUT2D eigenvalue weighted by Gasteiger charge is 2.29. The standard InChI is InChI=1S/C14H21FN2O2S/c1-9-3-5-12(7-10(9)2)17-20(18,19)14-6-4-11(16)8-13(14)15/h4,6,8-10,12,17H,3,5,7,16H2,1-2H3. The van der Waals surface area contributed by atoms with Crippen LogP contribution in [0.2, 0.25) is 0 Å². The van der Waals surface area contributed by atoms with E-state index in [4.69, 9.17) is 5.73 Å². The maximum Gasteiger partial charge on any atom is 0.243 e. The summed E-state index contributed by atoms with van der Waals surface area (Å²) in [5.74, 6) is 0.256. The smallest absolute Gasteiger partial charge is 0.243 e. The fourth-order valence-electron chi connectivity index (χ4n) is 2.67. The van der Waals surface area contributed by atoms with Crippen molar-refractivity contribution in [2.75, 3.05) is 5.73 Å². The molecule has 3 N–H and O–H groups in total. The Labute approximate surface area is 119 Å². The Morgan fingerprint density at radius 3 is 2.55 bits per heavy atom. The topological polar surface area (TPSA) is 72.2 Å². The molecule has 0 heterocycles. The van der Waals surface area contributed by atoms with Gasteiger partial charge in [-0.25, -0.2) is 17.5 Å². The molecule has 0 amide bonds. The van der Waals surface area contributed by atoms with Gasteiger partial charge in [-0.05, 0) is 49.3 Å². The van der Waals surface area contributed by atoms with Crippen molar-refractivity contribution < 1.29 is 12.8 Å². The van der Waals surface area contributed by atoms with Crippen LogP contribution in [0.5, 0.6) is 0 Å². The summed E-state index contributed by atoms with van der Waals surface area (Å²) < 4.78 is 40.8. The van der Waals surface area contributed by atoms with E-state index in [0.717, 1.165) is 25.3 Å². The Balaban J connectivity index is 2.15. The minimum Gasteiger partial charge on any atom is -0.399 e. The van der Waals surface area contributed by atoms with Crippen LogP contribution in [0.1, 0.15) is 33.1 Å². The van der Waals surface area contributed by atoms with Gasteiger partial charge in [-0.3, -0.25) is 0 Å². The molecule has 0 aliphatic heterocycles. The van der Waals surface area contributed by atoms with Gasteiger partial charge in [0.25, 0.3) is 0 Å². The van der Waals surface area contributed by atoms with Crippen LogP contribution in [-0.2, 0) is 10.0 Å². The lowest BCUT2D eigenvalue weighted by molar-refractivity contribution is 0.241. The predicted octanol–water partition coefficient (Wildman–Crippen LogP) is 2.51. The maximum atomic E-state index is 13.7. The summed E-state index contributed by atoms with van der Waals surface area (Å²) in [6.07, 6.45) is 2.57. The van der Waals surface area contributed by atoms with Gasteiger partial charge in [0.1, 0.15) is 10.7 Å². The van der Waals surface area contributed by atoms with Gasteiger partial charge in [0.15, 0.2) is 0 Å². The minimum atomic E-state index is -3.83. The molecule has 0 saturated heterocycles. The van der Waals surface area contributed by atoms with Crippen molar-refractivity contribution in [1.82, 2.24) is 4.72 Å². The van der Waals surface area contributed by atoms with E-state index in [9.17, 15) is 12.8 Å². The van der Waals surface area contributed by atoms with E-state index in [1.54, 1.807) is 0 Å². The number of halogens is 1. The molecule has 6 heteroatoms. The Hall–Kier alpha value is -1.14. The van der Waals surface area contributed by atoms with E-state index in [1.807, 2.05) is 0 Å². The molecule has 1 saturated carbocycles. The molecule has 1 aliphatic carbocycles. The van der Waals surface area contributed by atoms with E-state index >= 15 is 0 Å². The van der Waals surface area contributed by atoms with Crippen molar-refractivity contribution in [3.8, 4) is 0 Å². The average molecular weight is 300 g/mol. The van der Waals surface area contributed by atoms with Crippen molar-refractivity contribution in [3.05, 3.63) is 24.0 Å². The number of sulfonamides is 1. The molecule has 1 aromatic rings. The first-order valence-corrected chi connectivity index (χ1v) is 8.35. The molecular formula is C14H21FN2O2S. The number of anilines is 1. The second-order valence-electron chi connectivity index (χ2n) is 5.78. The quantitative estimate of drug-likeness (QED) is 0.843. The van der Waals surface area contributed by atoms with E-state index in [2.05, 4.69) is 18.6 Å². The van der Waals surface area contributed by atoms with E-state index < -0.39 is 15.8 Å². The van der Waals surface area contributed by atoms with Gasteiger partial charge in [0.05, 0.1) is 0 Å². The fraction of sp³-hybridized carbons (Fsp3) is 0.571. The third kappa shape index (κ3) is 3.30. The van der Waals surface area contributed by atoms with Gasteiger partial charge >= 0.3 is 0 Å². The molecule has 3 atom stereocenters. The van der Waals surface area contributed by atoms with Crippen molar-refractivity contribution in [2.24, 2.45) is 11.8 Å². The number of hydrogen-bond acceptors (Lipinski definition) is 3. The molecule has 4 nitrogen and oxygen atoms in total. The van der Waals surface area contributed by atoms with Crippen molar-refractivity contribution in [3.63, 3.8) is 0 Å². The fourth-order valence-corrected chi connectivity index (χ4v) is 4.02. The van der Waals surface area contributed by atoms with E-state index in [-0.39, 0.29) is 16.6 Å². The van der Waals surface area contributed by atoms with Crippen LogP contribution in [0.25, 0.3) is 0 Å². The Morgan fingerprint density at radius 1 is 1.25 bits per heavy atom. The number of nitrogens with one attached hydrogen (secondary N) is 1. The van der Waals surface area contributed by atoms with Crippen LogP contribution in [0, 0.1) is 17.7 Å². The van der Waals surface area contributed by atoms with Crippen LogP contribution in [0.15, 0.2) is 23.1 Å². The summed E-state index contributed by atoms with van der Waals surface area (Å²) >= 11 is 0. The summed E-state index contributed by atoms with van der Waals surface area (Å²) in [5, 5.41) is 0. The van der Waals surface area contributed by atoms with Crippen LogP contribution >= 0.6 is 0 Å². The molecule has 3 unspecified atom stereocenters. The Kier molecular flexibility index (Phi) is 4.34. The summed E-state index contributed by atoms with van der Waals surface area (Å²) in [5.41, 5.74) is 5.64. The van der Waals surface area contributed by atoms with Crippen molar-refractivity contribution in [1.29, 1.82) is 0 Å². The first kappa shape index (κ1) is 15.3. The molecule has 0 spiro atoms. The first-order valence-electron chi connectivity index (χ1n) is 6.87. The van der Waals surface area contributed by atoms with Gasteiger partial charge in [-0.2, -0.15) is 0 Å². The zero-order valence-corrected chi connectivity index (χ0v) is 12.6. The zero-order valence-electron chi connectivity index (χ0n) is 11.8. The second kappa shape index (κ2) is 5.69. The van der Waals surface area contributed by atoms with Gasteiger partial charge in [-0.15, -0.1) is 0 Å². The van der Waals surface area contributed by atoms with Crippen molar-refractivity contribution in [2.45, 2.75) is 44.0 Å². The SMILES string of the molecule is CC1CCC(NS(=O)(=O)c2ccc(N)cc2F)CC1C. The normalized spacial score (nSPS) is 27.4. The largest absolute Gasteiger partial charge is 0.399 e. The number of benzene rings is 1.